The molecule has 1 heterocycles. The number of hydrogen-bond donors (Lipinski definition) is 0. The smallest absolute Gasteiger partial charge is 0.410 e. The molecule has 0 spiro atoms. The highest BCUT2D eigenvalue weighted by Crippen LogP contribution is 2.29. The van der Waals surface area contributed by atoms with Crippen molar-refractivity contribution in [3.05, 3.63) is 33.0 Å². The quantitative estimate of drug-likeness (QED) is 0.548. The van der Waals surface area contributed by atoms with Crippen molar-refractivity contribution in [1.82, 2.24) is 4.90 Å². The Labute approximate surface area is 128 Å². The van der Waals surface area contributed by atoms with E-state index in [2.05, 4.69) is 0 Å². The first kappa shape index (κ1) is 16.2. The Hall–Kier alpha value is -2.18. The second-order valence-electron chi connectivity index (χ2n) is 6.48. The molecule has 2 aliphatic rings. The standard InChI is InChI=1S/C15H20N2O5/c1-15(2,3)22-14(19)16-6-4-10-8-12(17(20)21)13(18)9-11(10)5-7-16/h8H,4-7,9H2,1-3H3. The molecule has 0 fully saturated rings. The summed E-state index contributed by atoms with van der Waals surface area (Å²) in [4.78, 5) is 35.7. The maximum atomic E-state index is 12.1. The molecule has 22 heavy (non-hydrogen) atoms. The van der Waals surface area contributed by atoms with Crippen LogP contribution in [0.2, 0.25) is 0 Å². The first-order valence-electron chi connectivity index (χ1n) is 7.25. The number of Topliss-reactive ketones (excluding diaryl/α,β-unsaturated/α-hetero) is 1. The summed E-state index contributed by atoms with van der Waals surface area (Å²) in [5.41, 5.74) is 0.772. The van der Waals surface area contributed by atoms with Crippen LogP contribution < -0.4 is 0 Å². The molecule has 0 saturated heterocycles. The van der Waals surface area contributed by atoms with Crippen molar-refractivity contribution in [2.24, 2.45) is 0 Å². The van der Waals surface area contributed by atoms with Gasteiger partial charge in [0.05, 0.1) is 4.92 Å². The van der Waals surface area contributed by atoms with Crippen molar-refractivity contribution in [2.75, 3.05) is 13.1 Å². The molecule has 120 valence electrons. The van der Waals surface area contributed by atoms with Gasteiger partial charge in [-0.3, -0.25) is 14.9 Å². The fourth-order valence-corrected chi connectivity index (χ4v) is 2.54. The van der Waals surface area contributed by atoms with Crippen LogP contribution in [0.25, 0.3) is 0 Å². The maximum absolute atomic E-state index is 12.1. The second kappa shape index (κ2) is 5.90. The molecule has 0 aromatic heterocycles. The molecule has 2 rings (SSSR count). The normalized spacial score (nSPS) is 19.3. The van der Waals surface area contributed by atoms with E-state index in [4.69, 9.17) is 4.74 Å². The fraction of sp³-hybridized carbons (Fsp3) is 0.600. The number of amides is 1. The molecule has 0 aromatic rings. The average Bonchev–Trinajstić information content (AvgIpc) is 2.57. The van der Waals surface area contributed by atoms with Crippen molar-refractivity contribution in [3.8, 4) is 0 Å². The highest BCUT2D eigenvalue weighted by molar-refractivity contribution is 5.96. The van der Waals surface area contributed by atoms with Crippen LogP contribution in [0.5, 0.6) is 0 Å². The number of nitrogens with zero attached hydrogens (tertiary/aromatic N) is 2. The second-order valence-corrected chi connectivity index (χ2v) is 6.48. The van der Waals surface area contributed by atoms with E-state index < -0.39 is 22.4 Å². The highest BCUT2D eigenvalue weighted by Gasteiger charge is 2.32. The molecule has 0 unspecified atom stereocenters. The molecule has 0 bridgehead atoms. The van der Waals surface area contributed by atoms with E-state index in [9.17, 15) is 19.7 Å². The summed E-state index contributed by atoms with van der Waals surface area (Å²) in [6.07, 6.45) is 2.09. The Balaban J connectivity index is 2.10. The minimum Gasteiger partial charge on any atom is -0.444 e. The van der Waals surface area contributed by atoms with Crippen molar-refractivity contribution in [3.63, 3.8) is 0 Å². The molecule has 1 amide bonds. The van der Waals surface area contributed by atoms with E-state index in [0.717, 1.165) is 11.1 Å². The number of carbonyl (C=O) groups excluding carboxylic acids is 2. The van der Waals surface area contributed by atoms with Gasteiger partial charge in [0.25, 0.3) is 0 Å². The largest absolute Gasteiger partial charge is 0.444 e. The Bertz CT molecular complexity index is 583. The van der Waals surface area contributed by atoms with Gasteiger partial charge in [0.2, 0.25) is 5.78 Å². The van der Waals surface area contributed by atoms with Gasteiger partial charge >= 0.3 is 11.8 Å². The van der Waals surface area contributed by atoms with E-state index in [-0.39, 0.29) is 12.1 Å². The summed E-state index contributed by atoms with van der Waals surface area (Å²) in [5.74, 6) is -0.463. The molecule has 1 aliphatic heterocycles. The van der Waals surface area contributed by atoms with Gasteiger partial charge in [-0.05, 0) is 39.2 Å². The maximum Gasteiger partial charge on any atom is 0.410 e. The third-order valence-corrected chi connectivity index (χ3v) is 3.61. The number of nitro groups is 1. The Morgan fingerprint density at radius 3 is 2.55 bits per heavy atom. The fourth-order valence-electron chi connectivity index (χ4n) is 2.54. The van der Waals surface area contributed by atoms with Gasteiger partial charge in [-0.15, -0.1) is 0 Å². The molecule has 0 atom stereocenters. The van der Waals surface area contributed by atoms with Crippen molar-refractivity contribution in [2.45, 2.75) is 45.6 Å². The lowest BCUT2D eigenvalue weighted by Gasteiger charge is -2.26. The lowest BCUT2D eigenvalue weighted by atomic mass is 9.91. The summed E-state index contributed by atoms with van der Waals surface area (Å²) in [7, 11) is 0. The van der Waals surface area contributed by atoms with E-state index in [1.807, 2.05) is 0 Å². The zero-order valence-electron chi connectivity index (χ0n) is 13.0. The van der Waals surface area contributed by atoms with Gasteiger partial charge in [-0.25, -0.2) is 4.79 Å². The number of rotatable bonds is 1. The van der Waals surface area contributed by atoms with Gasteiger partial charge in [0.15, 0.2) is 0 Å². The first-order chi connectivity index (χ1) is 10.2. The highest BCUT2D eigenvalue weighted by atomic mass is 16.6. The van der Waals surface area contributed by atoms with Crippen LogP contribution in [-0.4, -0.2) is 40.4 Å². The zero-order valence-corrected chi connectivity index (χ0v) is 13.0. The third-order valence-electron chi connectivity index (χ3n) is 3.61. The number of hydrogen-bond acceptors (Lipinski definition) is 5. The molecule has 7 heteroatoms. The summed E-state index contributed by atoms with van der Waals surface area (Å²) in [5, 5.41) is 10.9. The van der Waals surface area contributed by atoms with Crippen LogP contribution >= 0.6 is 0 Å². The number of ketones is 1. The SMILES string of the molecule is CC(C)(C)OC(=O)N1CCC2=C(CC1)CC(=O)C([N+](=O)[O-])=C2. The Morgan fingerprint density at radius 1 is 1.32 bits per heavy atom. The molecule has 1 aliphatic carbocycles. The Morgan fingerprint density at radius 2 is 1.95 bits per heavy atom. The number of allylic oxidation sites excluding steroid dienone is 2. The van der Waals surface area contributed by atoms with Crippen LogP contribution in [0, 0.1) is 10.1 Å². The molecule has 7 nitrogen and oxygen atoms in total. The molecule has 0 aromatic carbocycles. The van der Waals surface area contributed by atoms with Crippen molar-refractivity contribution >= 4 is 11.9 Å². The predicted molar refractivity (Wildman–Crippen MR) is 78.8 cm³/mol. The predicted octanol–water partition coefficient (Wildman–Crippen LogP) is 2.45. The molecule has 0 saturated carbocycles. The molecular weight excluding hydrogens is 288 g/mol. The number of carbonyl (C=O) groups is 2. The van der Waals surface area contributed by atoms with Crippen molar-refractivity contribution < 1.29 is 19.2 Å². The van der Waals surface area contributed by atoms with Crippen LogP contribution in [0.15, 0.2) is 22.9 Å². The van der Waals surface area contributed by atoms with E-state index in [1.54, 1.807) is 25.7 Å². The summed E-state index contributed by atoms with van der Waals surface area (Å²) >= 11 is 0. The first-order valence-corrected chi connectivity index (χ1v) is 7.25. The van der Waals surface area contributed by atoms with Gasteiger partial charge in [0, 0.05) is 25.6 Å². The number of ether oxygens (including phenoxy) is 1. The summed E-state index contributed by atoms with van der Waals surface area (Å²) in [6, 6.07) is 0. The average molecular weight is 308 g/mol. The molecule has 0 N–H and O–H groups in total. The topological polar surface area (TPSA) is 89.8 Å². The third kappa shape index (κ3) is 3.72. The monoisotopic (exact) mass is 308 g/mol. The van der Waals surface area contributed by atoms with Crippen LogP contribution in [0.1, 0.15) is 40.0 Å². The van der Waals surface area contributed by atoms with Crippen LogP contribution in [0.4, 0.5) is 4.79 Å². The minimum atomic E-state index is -0.636. The summed E-state index contributed by atoms with van der Waals surface area (Å²) in [6.45, 7) is 6.30. The lowest BCUT2D eigenvalue weighted by molar-refractivity contribution is -0.419. The van der Waals surface area contributed by atoms with Gasteiger partial charge in [-0.2, -0.15) is 0 Å². The van der Waals surface area contributed by atoms with E-state index in [1.165, 1.54) is 6.08 Å². The van der Waals surface area contributed by atoms with Gasteiger partial charge < -0.3 is 9.64 Å². The minimum absolute atomic E-state index is 0.0737. The van der Waals surface area contributed by atoms with E-state index >= 15 is 0 Å². The van der Waals surface area contributed by atoms with Gasteiger partial charge in [0.1, 0.15) is 5.60 Å². The van der Waals surface area contributed by atoms with Gasteiger partial charge in [-0.1, -0.05) is 5.57 Å². The molecular formula is C15H20N2O5. The summed E-state index contributed by atoms with van der Waals surface area (Å²) < 4.78 is 5.34. The zero-order chi connectivity index (χ0) is 16.5. The van der Waals surface area contributed by atoms with E-state index in [0.29, 0.717) is 25.9 Å². The Kier molecular flexibility index (Phi) is 4.35. The lowest BCUT2D eigenvalue weighted by Crippen LogP contribution is -2.37. The van der Waals surface area contributed by atoms with Crippen LogP contribution in [0.3, 0.4) is 0 Å². The molecule has 0 radical (unpaired) electrons. The van der Waals surface area contributed by atoms with Crippen molar-refractivity contribution in [1.29, 1.82) is 0 Å². The van der Waals surface area contributed by atoms with Crippen LogP contribution in [-0.2, 0) is 9.53 Å².